The number of rotatable bonds is 4. The van der Waals surface area contributed by atoms with Gasteiger partial charge in [0.1, 0.15) is 11.8 Å². The van der Waals surface area contributed by atoms with Crippen LogP contribution in [0.2, 0.25) is 0 Å². The summed E-state index contributed by atoms with van der Waals surface area (Å²) in [5.41, 5.74) is 1.64. The lowest BCUT2D eigenvalue weighted by Gasteiger charge is -2.39. The zero-order valence-corrected chi connectivity index (χ0v) is 15.3. The van der Waals surface area contributed by atoms with E-state index in [-0.39, 0.29) is 11.7 Å². The van der Waals surface area contributed by atoms with E-state index in [1.54, 1.807) is 12.1 Å². The number of phenolic OH excluding ortho intramolecular Hbond substituents is 1. The Bertz CT molecular complexity index is 789. The Balaban J connectivity index is 1.75. The first-order valence-electron chi connectivity index (χ1n) is 8.94. The summed E-state index contributed by atoms with van der Waals surface area (Å²) >= 11 is 0. The van der Waals surface area contributed by atoms with Gasteiger partial charge in [-0.3, -0.25) is 15.0 Å². The van der Waals surface area contributed by atoms with Gasteiger partial charge in [-0.2, -0.15) is 0 Å². The predicted octanol–water partition coefficient (Wildman–Crippen LogP) is 1.71. The summed E-state index contributed by atoms with van der Waals surface area (Å²) in [4.78, 5) is 28.5. The van der Waals surface area contributed by atoms with Gasteiger partial charge in [0.25, 0.3) is 0 Å². The second-order valence-electron chi connectivity index (χ2n) is 6.39. The van der Waals surface area contributed by atoms with Gasteiger partial charge in [-0.05, 0) is 17.7 Å². The SMILES string of the molecule is CNC(=O)NC(=O)[C@@H](c1ccccc1)N1CCN(c2ccccc2O)CC1. The van der Waals surface area contributed by atoms with Crippen LogP contribution >= 0.6 is 0 Å². The van der Waals surface area contributed by atoms with Crippen LogP contribution in [0.15, 0.2) is 54.6 Å². The number of hydrogen-bond donors (Lipinski definition) is 3. The largest absolute Gasteiger partial charge is 0.506 e. The molecule has 1 atom stereocenters. The van der Waals surface area contributed by atoms with Crippen LogP contribution in [0, 0.1) is 0 Å². The van der Waals surface area contributed by atoms with Gasteiger partial charge >= 0.3 is 6.03 Å². The molecule has 0 aliphatic carbocycles. The highest BCUT2D eigenvalue weighted by Gasteiger charge is 2.31. The fourth-order valence-corrected chi connectivity index (χ4v) is 3.36. The molecule has 1 fully saturated rings. The number of amides is 3. The van der Waals surface area contributed by atoms with Crippen LogP contribution in [0.5, 0.6) is 5.75 Å². The molecule has 7 nitrogen and oxygen atoms in total. The summed E-state index contributed by atoms with van der Waals surface area (Å²) in [5.74, 6) is -0.0977. The highest BCUT2D eigenvalue weighted by molar-refractivity contribution is 5.97. The lowest BCUT2D eigenvalue weighted by Crippen LogP contribution is -2.52. The maximum absolute atomic E-state index is 12.8. The fraction of sp³-hybridized carbons (Fsp3) is 0.300. The number of para-hydroxylation sites is 2. The first kappa shape index (κ1) is 18.7. The highest BCUT2D eigenvalue weighted by Crippen LogP contribution is 2.29. The van der Waals surface area contributed by atoms with Crippen LogP contribution in [0.25, 0.3) is 0 Å². The smallest absolute Gasteiger partial charge is 0.321 e. The van der Waals surface area contributed by atoms with E-state index in [2.05, 4.69) is 20.4 Å². The van der Waals surface area contributed by atoms with Gasteiger partial charge in [-0.25, -0.2) is 4.79 Å². The van der Waals surface area contributed by atoms with Gasteiger partial charge in [-0.1, -0.05) is 42.5 Å². The minimum atomic E-state index is -0.546. The minimum absolute atomic E-state index is 0.253. The standard InChI is InChI=1S/C20H24N4O3/c1-21-20(27)22-19(26)18(15-7-3-2-4-8-15)24-13-11-23(12-14-24)16-9-5-6-10-17(16)25/h2-10,18,25H,11-14H2,1H3,(H2,21,22,26,27)/t18-/m1/s1. The average molecular weight is 368 g/mol. The minimum Gasteiger partial charge on any atom is -0.506 e. The van der Waals surface area contributed by atoms with Crippen molar-refractivity contribution in [2.45, 2.75) is 6.04 Å². The van der Waals surface area contributed by atoms with Gasteiger partial charge in [0, 0.05) is 33.2 Å². The Labute approximate surface area is 158 Å². The van der Waals surface area contributed by atoms with E-state index >= 15 is 0 Å². The molecule has 0 radical (unpaired) electrons. The molecule has 142 valence electrons. The molecule has 3 amide bonds. The Morgan fingerprint density at radius 1 is 0.963 bits per heavy atom. The molecule has 0 spiro atoms. The highest BCUT2D eigenvalue weighted by atomic mass is 16.3. The zero-order valence-electron chi connectivity index (χ0n) is 15.3. The van der Waals surface area contributed by atoms with Crippen molar-refractivity contribution in [2.75, 3.05) is 38.1 Å². The number of phenols is 1. The maximum atomic E-state index is 12.8. The van der Waals surface area contributed by atoms with E-state index in [0.717, 1.165) is 11.3 Å². The van der Waals surface area contributed by atoms with Crippen molar-refractivity contribution in [3.05, 3.63) is 60.2 Å². The summed E-state index contributed by atoms with van der Waals surface area (Å²) in [6, 6.07) is 15.6. The lowest BCUT2D eigenvalue weighted by molar-refractivity contribution is -0.125. The van der Waals surface area contributed by atoms with Crippen LogP contribution in [-0.4, -0.2) is 55.2 Å². The number of carbonyl (C=O) groups excluding carboxylic acids is 2. The van der Waals surface area contributed by atoms with Gasteiger partial charge in [-0.15, -0.1) is 0 Å². The van der Waals surface area contributed by atoms with Crippen molar-refractivity contribution in [2.24, 2.45) is 0 Å². The average Bonchev–Trinajstić information content (AvgIpc) is 2.70. The van der Waals surface area contributed by atoms with Crippen molar-refractivity contribution in [1.29, 1.82) is 0 Å². The number of imide groups is 1. The molecular formula is C20H24N4O3. The molecule has 1 aliphatic rings. The number of anilines is 1. The number of benzene rings is 2. The summed E-state index contributed by atoms with van der Waals surface area (Å²) in [6.07, 6.45) is 0. The van der Waals surface area contributed by atoms with Crippen LogP contribution in [0.3, 0.4) is 0 Å². The topological polar surface area (TPSA) is 84.9 Å². The quantitative estimate of drug-likeness (QED) is 0.765. The molecule has 3 N–H and O–H groups in total. The van der Waals surface area contributed by atoms with E-state index in [0.29, 0.717) is 26.2 Å². The normalized spacial score (nSPS) is 15.8. The number of aromatic hydroxyl groups is 1. The van der Waals surface area contributed by atoms with Gasteiger partial charge in [0.2, 0.25) is 5.91 Å². The van der Waals surface area contributed by atoms with Crippen molar-refractivity contribution < 1.29 is 14.7 Å². The second-order valence-corrected chi connectivity index (χ2v) is 6.39. The number of hydrogen-bond acceptors (Lipinski definition) is 5. The molecular weight excluding hydrogens is 344 g/mol. The molecule has 2 aromatic rings. The van der Waals surface area contributed by atoms with E-state index in [1.165, 1.54) is 7.05 Å². The summed E-state index contributed by atoms with van der Waals surface area (Å²) in [7, 11) is 1.48. The third-order valence-corrected chi connectivity index (χ3v) is 4.73. The molecule has 7 heteroatoms. The molecule has 1 saturated heterocycles. The van der Waals surface area contributed by atoms with Crippen LogP contribution in [-0.2, 0) is 4.79 Å². The van der Waals surface area contributed by atoms with Gasteiger partial charge in [0.15, 0.2) is 0 Å². The van der Waals surface area contributed by atoms with Gasteiger partial charge < -0.3 is 15.3 Å². The Hall–Kier alpha value is -3.06. The monoisotopic (exact) mass is 368 g/mol. The second kappa shape index (κ2) is 8.55. The molecule has 0 aromatic heterocycles. The van der Waals surface area contributed by atoms with Crippen LogP contribution < -0.4 is 15.5 Å². The third-order valence-electron chi connectivity index (χ3n) is 4.73. The van der Waals surface area contributed by atoms with Gasteiger partial charge in [0.05, 0.1) is 5.69 Å². The van der Waals surface area contributed by atoms with Crippen molar-refractivity contribution in [3.8, 4) is 5.75 Å². The van der Waals surface area contributed by atoms with E-state index < -0.39 is 12.1 Å². The first-order valence-corrected chi connectivity index (χ1v) is 8.94. The first-order chi connectivity index (χ1) is 13.1. The summed E-state index contributed by atoms with van der Waals surface area (Å²) in [6.45, 7) is 2.62. The molecule has 0 bridgehead atoms. The maximum Gasteiger partial charge on any atom is 0.321 e. The molecule has 0 unspecified atom stereocenters. The summed E-state index contributed by atoms with van der Waals surface area (Å²) in [5, 5.41) is 14.9. The number of carbonyl (C=O) groups is 2. The molecule has 1 aliphatic heterocycles. The number of piperazine rings is 1. The Morgan fingerprint density at radius 2 is 1.59 bits per heavy atom. The zero-order chi connectivity index (χ0) is 19.2. The third kappa shape index (κ3) is 4.38. The van der Waals surface area contributed by atoms with E-state index in [9.17, 15) is 14.7 Å². The fourth-order valence-electron chi connectivity index (χ4n) is 3.36. The predicted molar refractivity (Wildman–Crippen MR) is 104 cm³/mol. The number of urea groups is 1. The lowest BCUT2D eigenvalue weighted by atomic mass is 10.0. The van der Waals surface area contributed by atoms with Crippen LogP contribution in [0.4, 0.5) is 10.5 Å². The van der Waals surface area contributed by atoms with E-state index in [1.807, 2.05) is 42.5 Å². The van der Waals surface area contributed by atoms with Crippen LogP contribution in [0.1, 0.15) is 11.6 Å². The molecule has 1 heterocycles. The van der Waals surface area contributed by atoms with Crippen molar-refractivity contribution in [1.82, 2.24) is 15.5 Å². The Kier molecular flexibility index (Phi) is 5.93. The molecule has 0 saturated carbocycles. The molecule has 27 heavy (non-hydrogen) atoms. The number of nitrogens with zero attached hydrogens (tertiary/aromatic N) is 2. The summed E-state index contributed by atoms with van der Waals surface area (Å²) < 4.78 is 0. The van der Waals surface area contributed by atoms with Crippen molar-refractivity contribution >= 4 is 17.6 Å². The van der Waals surface area contributed by atoms with Crippen molar-refractivity contribution in [3.63, 3.8) is 0 Å². The Morgan fingerprint density at radius 3 is 2.22 bits per heavy atom. The van der Waals surface area contributed by atoms with E-state index in [4.69, 9.17) is 0 Å². The number of nitrogens with one attached hydrogen (secondary N) is 2. The molecule has 2 aromatic carbocycles. The molecule has 3 rings (SSSR count).